The minimum absolute atomic E-state index is 0.00907. The molecule has 0 radical (unpaired) electrons. The van der Waals surface area contributed by atoms with Gasteiger partial charge in [-0.3, -0.25) is 13.9 Å². The number of carbonyl (C=O) groups is 2. The van der Waals surface area contributed by atoms with Gasteiger partial charge in [0.15, 0.2) is 0 Å². The van der Waals surface area contributed by atoms with Crippen LogP contribution in [-0.2, 0) is 26.2 Å². The van der Waals surface area contributed by atoms with Crippen LogP contribution in [0.1, 0.15) is 26.3 Å². The number of amides is 2. The van der Waals surface area contributed by atoms with E-state index in [0.29, 0.717) is 0 Å². The van der Waals surface area contributed by atoms with Crippen LogP contribution in [0, 0.1) is 0 Å². The van der Waals surface area contributed by atoms with Crippen molar-refractivity contribution in [1.82, 2.24) is 10.2 Å². The van der Waals surface area contributed by atoms with Crippen LogP contribution >= 0.6 is 50.7 Å². The third kappa shape index (κ3) is 7.75. The van der Waals surface area contributed by atoms with Gasteiger partial charge in [0, 0.05) is 17.1 Å². The summed E-state index contributed by atoms with van der Waals surface area (Å²) >= 11 is 21.7. The number of hydrogen-bond acceptors (Lipinski definition) is 4. The summed E-state index contributed by atoms with van der Waals surface area (Å²) in [6.45, 7) is 4.70. The molecule has 2 rings (SSSR count). The van der Waals surface area contributed by atoms with Gasteiger partial charge in [-0.05, 0) is 50.6 Å². The fraction of sp³-hybridized carbons (Fsp3) is 0.364. The molecule has 0 aromatic heterocycles. The Kier molecular flexibility index (Phi) is 10.1. The first-order valence-corrected chi connectivity index (χ1v) is 13.9. The van der Waals surface area contributed by atoms with Gasteiger partial charge in [0.2, 0.25) is 21.8 Å². The zero-order valence-electron chi connectivity index (χ0n) is 19.0. The predicted octanol–water partition coefficient (Wildman–Crippen LogP) is 5.12. The van der Waals surface area contributed by atoms with Crippen molar-refractivity contribution in [3.8, 4) is 0 Å². The number of carbonyl (C=O) groups excluding carboxylic acids is 2. The summed E-state index contributed by atoms with van der Waals surface area (Å²) in [6.07, 6.45) is 0.951. The largest absolute Gasteiger partial charge is 0.352 e. The van der Waals surface area contributed by atoms with Crippen LogP contribution < -0.4 is 9.62 Å². The third-order valence-corrected chi connectivity index (χ3v) is 7.48. The highest BCUT2D eigenvalue weighted by atomic mass is 79.9. The van der Waals surface area contributed by atoms with Crippen LogP contribution in [0.3, 0.4) is 0 Å². The highest BCUT2D eigenvalue weighted by Gasteiger charge is 2.31. The molecule has 12 heteroatoms. The van der Waals surface area contributed by atoms with Crippen molar-refractivity contribution in [3.05, 3.63) is 61.5 Å². The molecule has 7 nitrogen and oxygen atoms in total. The quantitative estimate of drug-likeness (QED) is 0.398. The molecule has 0 fully saturated rings. The van der Waals surface area contributed by atoms with Gasteiger partial charge in [-0.1, -0.05) is 62.9 Å². The maximum absolute atomic E-state index is 13.5. The van der Waals surface area contributed by atoms with Crippen LogP contribution in [-0.4, -0.2) is 50.0 Å². The van der Waals surface area contributed by atoms with Crippen molar-refractivity contribution >= 4 is 78.3 Å². The first-order valence-electron chi connectivity index (χ1n) is 10.2. The molecule has 2 aromatic rings. The number of rotatable bonds is 9. The van der Waals surface area contributed by atoms with E-state index in [4.69, 9.17) is 34.8 Å². The van der Waals surface area contributed by atoms with Gasteiger partial charge in [0.25, 0.3) is 0 Å². The van der Waals surface area contributed by atoms with Gasteiger partial charge in [-0.2, -0.15) is 0 Å². The lowest BCUT2D eigenvalue weighted by Crippen LogP contribution is -2.52. The molecule has 0 heterocycles. The maximum Gasteiger partial charge on any atom is 0.244 e. The average molecular weight is 614 g/mol. The SMILES string of the molecule is CC(C)NC(=O)[C@H](C)N(Cc1ccc(Br)cc1)C(=O)CN(c1cc(Cl)c(Cl)cc1Cl)S(C)(=O)=O. The number of anilines is 1. The second-order valence-electron chi connectivity index (χ2n) is 7.97. The lowest BCUT2D eigenvalue weighted by molar-refractivity contribution is -0.139. The van der Waals surface area contributed by atoms with Crippen LogP contribution in [0.5, 0.6) is 0 Å². The van der Waals surface area contributed by atoms with Gasteiger partial charge in [-0.25, -0.2) is 8.42 Å². The molecule has 2 aromatic carbocycles. The summed E-state index contributed by atoms with van der Waals surface area (Å²) in [4.78, 5) is 27.5. The Morgan fingerprint density at radius 1 is 1.00 bits per heavy atom. The van der Waals surface area contributed by atoms with Crippen LogP contribution in [0.4, 0.5) is 5.69 Å². The summed E-state index contributed by atoms with van der Waals surface area (Å²) in [5.41, 5.74) is 0.772. The number of sulfonamides is 1. The summed E-state index contributed by atoms with van der Waals surface area (Å²) in [6, 6.07) is 8.83. The molecule has 34 heavy (non-hydrogen) atoms. The molecular formula is C22H25BrCl3N3O4S. The number of benzene rings is 2. The molecular weight excluding hydrogens is 589 g/mol. The molecule has 0 saturated heterocycles. The van der Waals surface area contributed by atoms with Crippen LogP contribution in [0.15, 0.2) is 40.9 Å². The van der Waals surface area contributed by atoms with Crippen molar-refractivity contribution in [2.24, 2.45) is 0 Å². The van der Waals surface area contributed by atoms with E-state index in [-0.39, 0.29) is 39.2 Å². The molecule has 0 saturated carbocycles. The zero-order valence-corrected chi connectivity index (χ0v) is 23.7. The van der Waals surface area contributed by atoms with Gasteiger partial charge in [-0.15, -0.1) is 0 Å². The lowest BCUT2D eigenvalue weighted by Gasteiger charge is -2.32. The second kappa shape index (κ2) is 11.9. The molecule has 0 spiro atoms. The molecule has 0 unspecified atom stereocenters. The topological polar surface area (TPSA) is 86.8 Å². The van der Waals surface area contributed by atoms with E-state index in [1.807, 2.05) is 38.1 Å². The highest BCUT2D eigenvalue weighted by molar-refractivity contribution is 9.10. The lowest BCUT2D eigenvalue weighted by atomic mass is 10.1. The van der Waals surface area contributed by atoms with Gasteiger partial charge in [0.05, 0.1) is 27.0 Å². The van der Waals surface area contributed by atoms with E-state index < -0.39 is 28.5 Å². The van der Waals surface area contributed by atoms with E-state index >= 15 is 0 Å². The summed E-state index contributed by atoms with van der Waals surface area (Å²) in [5.74, 6) is -0.958. The highest BCUT2D eigenvalue weighted by Crippen LogP contribution is 2.35. The van der Waals surface area contributed by atoms with E-state index in [1.54, 1.807) is 6.92 Å². The molecule has 0 aliphatic heterocycles. The summed E-state index contributed by atoms with van der Waals surface area (Å²) in [7, 11) is -3.95. The molecule has 0 aliphatic carbocycles. The van der Waals surface area contributed by atoms with E-state index in [0.717, 1.165) is 20.6 Å². The van der Waals surface area contributed by atoms with Crippen LogP contribution in [0.2, 0.25) is 15.1 Å². The molecule has 1 atom stereocenters. The Bertz CT molecular complexity index is 1160. The van der Waals surface area contributed by atoms with Gasteiger partial charge in [0.1, 0.15) is 12.6 Å². The number of halogens is 4. The van der Waals surface area contributed by atoms with Crippen molar-refractivity contribution in [2.45, 2.75) is 39.4 Å². The van der Waals surface area contributed by atoms with E-state index in [9.17, 15) is 18.0 Å². The molecule has 2 amide bonds. The monoisotopic (exact) mass is 611 g/mol. The van der Waals surface area contributed by atoms with Crippen molar-refractivity contribution in [3.63, 3.8) is 0 Å². The third-order valence-electron chi connectivity index (χ3n) is 4.80. The normalized spacial score (nSPS) is 12.4. The minimum Gasteiger partial charge on any atom is -0.352 e. The first-order chi connectivity index (χ1) is 15.7. The van der Waals surface area contributed by atoms with Gasteiger partial charge < -0.3 is 10.2 Å². The standard InChI is InChI=1S/C22H25BrCl3N3O4S/c1-13(2)27-22(31)14(3)28(11-15-5-7-16(23)8-6-15)21(30)12-29(34(4,32)33)20-10-18(25)17(24)9-19(20)26/h5-10,13-14H,11-12H2,1-4H3,(H,27,31)/t14-/m0/s1. The summed E-state index contributed by atoms with van der Waals surface area (Å²) < 4.78 is 26.9. The first kappa shape index (κ1) is 28.7. The van der Waals surface area contributed by atoms with Crippen molar-refractivity contribution < 1.29 is 18.0 Å². The predicted molar refractivity (Wildman–Crippen MR) is 141 cm³/mol. The second-order valence-corrected chi connectivity index (χ2v) is 12.0. The zero-order chi connectivity index (χ0) is 25.8. The van der Waals surface area contributed by atoms with Crippen molar-refractivity contribution in [2.75, 3.05) is 17.1 Å². The molecule has 186 valence electrons. The summed E-state index contributed by atoms with van der Waals surface area (Å²) in [5, 5.41) is 3.02. The number of nitrogens with one attached hydrogen (secondary N) is 1. The molecule has 1 N–H and O–H groups in total. The Hall–Kier alpha value is -1.52. The smallest absolute Gasteiger partial charge is 0.244 e. The Labute approximate surface area is 223 Å². The fourth-order valence-electron chi connectivity index (χ4n) is 3.07. The Balaban J connectivity index is 2.45. The number of hydrogen-bond donors (Lipinski definition) is 1. The van der Waals surface area contributed by atoms with E-state index in [1.165, 1.54) is 17.0 Å². The van der Waals surface area contributed by atoms with Gasteiger partial charge >= 0.3 is 0 Å². The number of nitrogens with zero attached hydrogens (tertiary/aromatic N) is 2. The Morgan fingerprint density at radius 3 is 2.09 bits per heavy atom. The van der Waals surface area contributed by atoms with E-state index in [2.05, 4.69) is 21.2 Å². The molecule has 0 aliphatic rings. The Morgan fingerprint density at radius 2 is 1.56 bits per heavy atom. The van der Waals surface area contributed by atoms with Crippen LogP contribution in [0.25, 0.3) is 0 Å². The molecule has 0 bridgehead atoms. The van der Waals surface area contributed by atoms with Crippen molar-refractivity contribution in [1.29, 1.82) is 0 Å². The maximum atomic E-state index is 13.5. The minimum atomic E-state index is -3.95. The fourth-order valence-corrected chi connectivity index (χ4v) is 4.88. The average Bonchev–Trinajstić information content (AvgIpc) is 2.72.